The molecule has 246 valence electrons. The van der Waals surface area contributed by atoms with Crippen molar-refractivity contribution in [3.8, 4) is 5.75 Å². The van der Waals surface area contributed by atoms with E-state index in [1.54, 1.807) is 25.7 Å². The largest absolute Gasteiger partial charge is 0.493 e. The number of hydrogen-bond donors (Lipinski definition) is 3. The van der Waals surface area contributed by atoms with Crippen LogP contribution in [0.2, 0.25) is 0 Å². The highest BCUT2D eigenvalue weighted by atomic mass is 16.6. The predicted octanol–water partition coefficient (Wildman–Crippen LogP) is 4.87. The first kappa shape index (κ1) is 35.1. The highest BCUT2D eigenvalue weighted by molar-refractivity contribution is 5.90. The fourth-order valence-corrected chi connectivity index (χ4v) is 5.54. The normalized spacial score (nSPS) is 18.7. The molecule has 11 nitrogen and oxygen atoms in total. The number of para-hydroxylation sites is 1. The molecule has 0 radical (unpaired) electrons. The minimum absolute atomic E-state index is 0.0314. The Morgan fingerprint density at radius 3 is 2.30 bits per heavy atom. The number of amides is 3. The molecule has 0 aliphatic carbocycles. The summed E-state index contributed by atoms with van der Waals surface area (Å²) in [5, 5.41) is 5.91. The SMILES string of the molecule is CC(C)(C)OC(=O)NCCCC[C@H](CC(=O)[C@@H](N)C1CCN(C(=O)OC(C)(C)C)CC1)C(=O)N[C@@H]1CCOc2ccccc21. The van der Waals surface area contributed by atoms with Gasteiger partial charge in [0.1, 0.15) is 17.0 Å². The van der Waals surface area contributed by atoms with Gasteiger partial charge in [-0.05, 0) is 79.2 Å². The van der Waals surface area contributed by atoms with Gasteiger partial charge in [0.25, 0.3) is 0 Å². The molecule has 1 saturated heterocycles. The third-order valence-electron chi connectivity index (χ3n) is 7.81. The molecule has 3 atom stereocenters. The molecule has 1 aromatic rings. The van der Waals surface area contributed by atoms with Crippen LogP contribution in [0, 0.1) is 11.8 Å². The molecule has 0 aromatic heterocycles. The van der Waals surface area contributed by atoms with Gasteiger partial charge in [-0.1, -0.05) is 24.6 Å². The van der Waals surface area contributed by atoms with Crippen molar-refractivity contribution in [2.45, 2.75) is 110 Å². The fourth-order valence-electron chi connectivity index (χ4n) is 5.54. The minimum atomic E-state index is -0.719. The number of rotatable bonds is 11. The Hall–Kier alpha value is -3.34. The maximum absolute atomic E-state index is 13.6. The summed E-state index contributed by atoms with van der Waals surface area (Å²) in [6, 6.07) is 6.72. The number of hydrogen-bond acceptors (Lipinski definition) is 8. The van der Waals surface area contributed by atoms with Crippen molar-refractivity contribution in [3.05, 3.63) is 29.8 Å². The van der Waals surface area contributed by atoms with Crippen LogP contribution in [0.5, 0.6) is 5.75 Å². The van der Waals surface area contributed by atoms with Crippen LogP contribution >= 0.6 is 0 Å². The van der Waals surface area contributed by atoms with Gasteiger partial charge in [-0.25, -0.2) is 9.59 Å². The summed E-state index contributed by atoms with van der Waals surface area (Å²) >= 11 is 0. The molecule has 1 fully saturated rings. The highest BCUT2D eigenvalue weighted by Gasteiger charge is 2.34. The molecular formula is C33H52N4O7. The summed E-state index contributed by atoms with van der Waals surface area (Å²) in [4.78, 5) is 53.2. The molecule has 3 amide bonds. The molecule has 3 rings (SSSR count). The second-order valence-electron chi connectivity index (χ2n) is 13.9. The second kappa shape index (κ2) is 15.6. The van der Waals surface area contributed by atoms with Crippen LogP contribution in [0.3, 0.4) is 0 Å². The molecule has 11 heteroatoms. The third kappa shape index (κ3) is 11.3. The Morgan fingerprint density at radius 2 is 1.64 bits per heavy atom. The topological polar surface area (TPSA) is 149 Å². The number of piperidine rings is 1. The molecule has 2 aliphatic heterocycles. The van der Waals surface area contributed by atoms with Crippen molar-refractivity contribution >= 4 is 23.9 Å². The van der Waals surface area contributed by atoms with E-state index >= 15 is 0 Å². The monoisotopic (exact) mass is 616 g/mol. The van der Waals surface area contributed by atoms with Crippen molar-refractivity contribution in [1.82, 2.24) is 15.5 Å². The first-order chi connectivity index (χ1) is 20.6. The smallest absolute Gasteiger partial charge is 0.410 e. The van der Waals surface area contributed by atoms with Gasteiger partial charge in [0.2, 0.25) is 5.91 Å². The van der Waals surface area contributed by atoms with Gasteiger partial charge in [0, 0.05) is 44.0 Å². The average molecular weight is 617 g/mol. The average Bonchev–Trinajstić information content (AvgIpc) is 2.94. The van der Waals surface area contributed by atoms with Gasteiger partial charge < -0.3 is 35.5 Å². The van der Waals surface area contributed by atoms with E-state index in [4.69, 9.17) is 19.9 Å². The Kier molecular flexibility index (Phi) is 12.5. The Bertz CT molecular complexity index is 1140. The number of benzene rings is 1. The van der Waals surface area contributed by atoms with Crippen LogP contribution in [0.4, 0.5) is 9.59 Å². The third-order valence-corrected chi connectivity index (χ3v) is 7.81. The van der Waals surface area contributed by atoms with Crippen molar-refractivity contribution in [2.75, 3.05) is 26.2 Å². The van der Waals surface area contributed by atoms with Crippen molar-refractivity contribution in [2.24, 2.45) is 17.6 Å². The number of fused-ring (bicyclic) bond motifs is 1. The first-order valence-electron chi connectivity index (χ1n) is 15.9. The Labute approximate surface area is 261 Å². The van der Waals surface area contributed by atoms with E-state index < -0.39 is 29.3 Å². The summed E-state index contributed by atoms with van der Waals surface area (Å²) in [5.74, 6) is -0.228. The van der Waals surface area contributed by atoms with Gasteiger partial charge in [-0.3, -0.25) is 9.59 Å². The zero-order chi connectivity index (χ0) is 32.5. The fraction of sp³-hybridized carbons (Fsp3) is 0.697. The van der Waals surface area contributed by atoms with Gasteiger partial charge in [0.15, 0.2) is 5.78 Å². The number of carbonyl (C=O) groups excluding carboxylic acids is 4. The lowest BCUT2D eigenvalue weighted by atomic mass is 9.84. The molecule has 1 aromatic carbocycles. The quantitative estimate of drug-likeness (QED) is 0.298. The maximum Gasteiger partial charge on any atom is 0.410 e. The van der Waals surface area contributed by atoms with E-state index in [1.807, 2.05) is 45.0 Å². The summed E-state index contributed by atoms with van der Waals surface area (Å²) in [6.07, 6.45) is 2.76. The zero-order valence-corrected chi connectivity index (χ0v) is 27.3. The number of ether oxygens (including phenoxy) is 3. The van der Waals surface area contributed by atoms with Crippen LogP contribution in [-0.4, -0.2) is 72.3 Å². The molecule has 0 saturated carbocycles. The Balaban J connectivity index is 1.58. The van der Waals surface area contributed by atoms with E-state index in [0.717, 1.165) is 11.3 Å². The van der Waals surface area contributed by atoms with Crippen LogP contribution < -0.4 is 21.1 Å². The lowest BCUT2D eigenvalue weighted by Crippen LogP contribution is -2.48. The lowest BCUT2D eigenvalue weighted by Gasteiger charge is -2.35. The van der Waals surface area contributed by atoms with E-state index in [-0.39, 0.29) is 36.2 Å². The molecule has 0 bridgehead atoms. The van der Waals surface area contributed by atoms with Crippen LogP contribution in [0.25, 0.3) is 0 Å². The number of ketones is 1. The van der Waals surface area contributed by atoms with Gasteiger partial charge in [0.05, 0.1) is 18.7 Å². The van der Waals surface area contributed by atoms with Crippen molar-refractivity contribution < 1.29 is 33.4 Å². The summed E-state index contributed by atoms with van der Waals surface area (Å²) in [5.41, 5.74) is 6.24. The molecule has 0 unspecified atom stereocenters. The number of alkyl carbamates (subject to hydrolysis) is 1. The number of nitrogens with zero attached hydrogens (tertiary/aromatic N) is 1. The number of nitrogens with two attached hydrogens (primary N) is 1. The standard InChI is InChI=1S/C33H52N4O7/c1-32(2,3)43-30(40)35-17-10-9-11-23(29(39)36-25-16-20-42-27-13-8-7-12-24(25)27)21-26(38)28(34)22-14-18-37(19-15-22)31(41)44-33(4,5)6/h7-8,12-13,22-23,25,28H,9-11,14-21,34H2,1-6H3,(H,35,40)(H,36,39)/t23-,25-,28+/m1/s1. The van der Waals surface area contributed by atoms with Crippen LogP contribution in [0.1, 0.15) is 98.1 Å². The molecule has 2 heterocycles. The van der Waals surface area contributed by atoms with E-state index in [9.17, 15) is 19.2 Å². The molecular weight excluding hydrogens is 564 g/mol. The number of unbranched alkanes of at least 4 members (excludes halogenated alkanes) is 1. The van der Waals surface area contributed by atoms with Crippen LogP contribution in [0.15, 0.2) is 24.3 Å². The van der Waals surface area contributed by atoms with E-state index in [2.05, 4.69) is 10.6 Å². The first-order valence-corrected chi connectivity index (χ1v) is 15.9. The van der Waals surface area contributed by atoms with E-state index in [1.165, 1.54) is 0 Å². The molecule has 0 spiro atoms. The van der Waals surface area contributed by atoms with E-state index in [0.29, 0.717) is 64.8 Å². The number of carbonyl (C=O) groups is 4. The number of nitrogens with one attached hydrogen (secondary N) is 2. The summed E-state index contributed by atoms with van der Waals surface area (Å²) in [6.45, 7) is 12.7. The number of Topliss-reactive ketones (excluding diaryl/α,β-unsaturated/α-hetero) is 1. The summed E-state index contributed by atoms with van der Waals surface area (Å²) < 4.78 is 16.5. The number of likely N-dealkylation sites (tertiary alicyclic amines) is 1. The van der Waals surface area contributed by atoms with Crippen molar-refractivity contribution in [1.29, 1.82) is 0 Å². The highest BCUT2D eigenvalue weighted by Crippen LogP contribution is 2.32. The lowest BCUT2D eigenvalue weighted by molar-refractivity contribution is -0.131. The van der Waals surface area contributed by atoms with Crippen molar-refractivity contribution in [3.63, 3.8) is 0 Å². The molecule has 44 heavy (non-hydrogen) atoms. The molecule has 4 N–H and O–H groups in total. The summed E-state index contributed by atoms with van der Waals surface area (Å²) in [7, 11) is 0. The van der Waals surface area contributed by atoms with Gasteiger partial charge >= 0.3 is 12.2 Å². The molecule has 2 aliphatic rings. The maximum atomic E-state index is 13.6. The van der Waals surface area contributed by atoms with Gasteiger partial charge in [-0.15, -0.1) is 0 Å². The van der Waals surface area contributed by atoms with Gasteiger partial charge in [-0.2, -0.15) is 0 Å². The Morgan fingerprint density at radius 1 is 0.977 bits per heavy atom. The van der Waals surface area contributed by atoms with Crippen LogP contribution in [-0.2, 0) is 19.1 Å². The predicted molar refractivity (Wildman–Crippen MR) is 167 cm³/mol. The zero-order valence-electron chi connectivity index (χ0n) is 27.3. The second-order valence-corrected chi connectivity index (χ2v) is 13.9. The minimum Gasteiger partial charge on any atom is -0.493 e.